The van der Waals surface area contributed by atoms with Crippen LogP contribution in [0.5, 0.6) is 0 Å². The van der Waals surface area contributed by atoms with Gasteiger partial charge in [0.25, 0.3) is 0 Å². The van der Waals surface area contributed by atoms with E-state index in [4.69, 9.17) is 0 Å². The van der Waals surface area contributed by atoms with Crippen LogP contribution in [0, 0.1) is 0 Å². The zero-order valence-corrected chi connectivity index (χ0v) is 7.04. The van der Waals surface area contributed by atoms with Crippen LogP contribution >= 0.6 is 0 Å². The summed E-state index contributed by atoms with van der Waals surface area (Å²) < 4.78 is 0. The van der Waals surface area contributed by atoms with Crippen molar-refractivity contribution in [2.45, 2.75) is 12.5 Å². The molecule has 1 unspecified atom stereocenters. The molecule has 0 radical (unpaired) electrons. The molecule has 3 heteroatoms. The van der Waals surface area contributed by atoms with Crippen molar-refractivity contribution in [3.63, 3.8) is 0 Å². The van der Waals surface area contributed by atoms with Gasteiger partial charge in [0, 0.05) is 20.7 Å². The summed E-state index contributed by atoms with van der Waals surface area (Å²) in [6.45, 7) is 4.46. The summed E-state index contributed by atoms with van der Waals surface area (Å²) in [6, 6.07) is 4.12. The van der Waals surface area contributed by atoms with Gasteiger partial charge in [-0.2, -0.15) is 0 Å². The molecule has 1 aromatic heterocycles. The zero-order valence-electron chi connectivity index (χ0n) is 7.04. The van der Waals surface area contributed by atoms with Crippen LogP contribution < -0.4 is 10.2 Å². The first kappa shape index (κ1) is 6.29. The summed E-state index contributed by atoms with van der Waals surface area (Å²) in [5.74, 6) is 1.03. The van der Waals surface area contributed by atoms with Gasteiger partial charge in [-0.1, -0.05) is 0 Å². The summed E-state index contributed by atoms with van der Waals surface area (Å²) in [5.41, 5.74) is 1.63. The van der Waals surface area contributed by atoms with Gasteiger partial charge in [0.1, 0.15) is 5.82 Å². The first-order valence-electron chi connectivity index (χ1n) is 4.26. The Bertz CT molecular complexity index is 341. The van der Waals surface area contributed by atoms with Crippen LogP contribution in [-0.4, -0.2) is 23.6 Å². The number of hydrogen-bond acceptors (Lipinski definition) is 3. The average molecular weight is 163 g/mol. The molecule has 3 rings (SSSR count). The third kappa shape index (κ3) is 0.636. The van der Waals surface area contributed by atoms with Gasteiger partial charge in [0.15, 0.2) is 0 Å². The molecule has 3 heterocycles. The summed E-state index contributed by atoms with van der Waals surface area (Å²) in [7, 11) is 0. The Balaban J connectivity index is 0.000000653. The highest BCUT2D eigenvalue weighted by molar-refractivity contribution is 5.74. The topological polar surface area (TPSA) is 27.9 Å². The van der Waals surface area contributed by atoms with Crippen molar-refractivity contribution in [1.29, 1.82) is 0 Å². The van der Waals surface area contributed by atoms with Gasteiger partial charge >= 0.3 is 0 Å². The number of aromatic nitrogens is 1. The SMILES string of the molecule is CC12CNc3ncccc3N1C2.[HH]. The quantitative estimate of drug-likeness (QED) is 0.585. The molecule has 1 aromatic rings. The molecule has 0 amide bonds. The number of hydrogen-bond donors (Lipinski definition) is 1. The van der Waals surface area contributed by atoms with E-state index in [-0.39, 0.29) is 1.43 Å². The molecular weight excluding hydrogens is 150 g/mol. The van der Waals surface area contributed by atoms with Crippen LogP contribution in [-0.2, 0) is 0 Å². The third-order valence-corrected chi connectivity index (χ3v) is 2.76. The molecule has 1 N–H and O–H groups in total. The fourth-order valence-electron chi connectivity index (χ4n) is 1.86. The van der Waals surface area contributed by atoms with Crippen molar-refractivity contribution in [3.05, 3.63) is 18.3 Å². The van der Waals surface area contributed by atoms with Crippen molar-refractivity contribution >= 4 is 11.5 Å². The molecule has 3 nitrogen and oxygen atoms in total. The van der Waals surface area contributed by atoms with Crippen molar-refractivity contribution in [3.8, 4) is 0 Å². The number of fused-ring (bicyclic) bond motifs is 3. The number of rotatable bonds is 0. The van der Waals surface area contributed by atoms with E-state index in [1.807, 2.05) is 12.3 Å². The second-order valence-corrected chi connectivity index (χ2v) is 3.81. The maximum atomic E-state index is 4.27. The van der Waals surface area contributed by atoms with Crippen molar-refractivity contribution in [2.24, 2.45) is 0 Å². The van der Waals surface area contributed by atoms with Gasteiger partial charge in [-0.05, 0) is 19.1 Å². The van der Waals surface area contributed by atoms with Crippen LogP contribution in [0.2, 0.25) is 0 Å². The number of anilines is 2. The summed E-state index contributed by atoms with van der Waals surface area (Å²) in [4.78, 5) is 6.67. The van der Waals surface area contributed by atoms with E-state index >= 15 is 0 Å². The molecule has 2 aliphatic rings. The average Bonchev–Trinajstić information content (AvgIpc) is 2.78. The van der Waals surface area contributed by atoms with Crippen molar-refractivity contribution in [1.82, 2.24) is 4.98 Å². The van der Waals surface area contributed by atoms with Gasteiger partial charge < -0.3 is 10.2 Å². The highest BCUT2D eigenvalue weighted by Crippen LogP contribution is 2.44. The van der Waals surface area contributed by atoms with Crippen LogP contribution in [0.25, 0.3) is 0 Å². The molecule has 12 heavy (non-hydrogen) atoms. The molecule has 1 fully saturated rings. The Morgan fingerprint density at radius 1 is 1.75 bits per heavy atom. The Labute approximate surface area is 72.9 Å². The minimum absolute atomic E-state index is 0. The van der Waals surface area contributed by atoms with E-state index < -0.39 is 0 Å². The number of nitrogens with one attached hydrogen (secondary N) is 1. The standard InChI is InChI=1S/C9H11N3.H2/c1-9-5-11-8-7(12(9)6-9)3-2-4-10-8;/h2-4H,5-6H2,1H3,(H,10,11);1H. The smallest absolute Gasteiger partial charge is 0.149 e. The Kier molecular flexibility index (Phi) is 0.908. The molecule has 0 spiro atoms. The summed E-state index contributed by atoms with van der Waals surface area (Å²) in [6.07, 6.45) is 1.83. The van der Waals surface area contributed by atoms with Crippen LogP contribution in [0.3, 0.4) is 0 Å². The lowest BCUT2D eigenvalue weighted by atomic mass is 10.1. The zero-order chi connectivity index (χ0) is 8.18. The van der Waals surface area contributed by atoms with Gasteiger partial charge in [-0.25, -0.2) is 4.98 Å². The lowest BCUT2D eigenvalue weighted by molar-refractivity contribution is 0.744. The largest absolute Gasteiger partial charge is 0.366 e. The van der Waals surface area contributed by atoms with Gasteiger partial charge in [0.2, 0.25) is 0 Å². The fraction of sp³-hybridized carbons (Fsp3) is 0.444. The molecule has 0 aromatic carbocycles. The molecule has 1 atom stereocenters. The number of nitrogens with zero attached hydrogens (tertiary/aromatic N) is 2. The lowest BCUT2D eigenvalue weighted by Crippen LogP contribution is -2.29. The maximum absolute atomic E-state index is 4.27. The van der Waals surface area contributed by atoms with Gasteiger partial charge in [-0.15, -0.1) is 0 Å². The van der Waals surface area contributed by atoms with E-state index in [9.17, 15) is 0 Å². The monoisotopic (exact) mass is 163 g/mol. The first-order valence-corrected chi connectivity index (χ1v) is 4.26. The predicted octanol–water partition coefficient (Wildman–Crippen LogP) is 1.33. The minimum Gasteiger partial charge on any atom is -0.366 e. The van der Waals surface area contributed by atoms with E-state index in [0.717, 1.165) is 12.4 Å². The fourth-order valence-corrected chi connectivity index (χ4v) is 1.86. The molecule has 0 aliphatic carbocycles. The molecule has 1 saturated heterocycles. The normalized spacial score (nSPS) is 30.2. The summed E-state index contributed by atoms with van der Waals surface area (Å²) >= 11 is 0. The molecule has 0 bridgehead atoms. The Hall–Kier alpha value is -1.25. The molecule has 2 aliphatic heterocycles. The van der Waals surface area contributed by atoms with E-state index in [1.165, 1.54) is 12.2 Å². The Morgan fingerprint density at radius 3 is 3.58 bits per heavy atom. The van der Waals surface area contributed by atoms with E-state index in [0.29, 0.717) is 5.54 Å². The lowest BCUT2D eigenvalue weighted by Gasteiger charge is -2.23. The predicted molar refractivity (Wildman–Crippen MR) is 50.6 cm³/mol. The van der Waals surface area contributed by atoms with E-state index in [2.05, 4.69) is 28.2 Å². The van der Waals surface area contributed by atoms with Crippen LogP contribution in [0.15, 0.2) is 18.3 Å². The molecule has 64 valence electrons. The second-order valence-electron chi connectivity index (χ2n) is 3.81. The van der Waals surface area contributed by atoms with Crippen LogP contribution in [0.4, 0.5) is 11.5 Å². The van der Waals surface area contributed by atoms with Gasteiger partial charge in [0.05, 0.1) is 11.2 Å². The van der Waals surface area contributed by atoms with Gasteiger partial charge in [-0.3, -0.25) is 0 Å². The number of pyridine rings is 1. The van der Waals surface area contributed by atoms with Crippen molar-refractivity contribution in [2.75, 3.05) is 23.3 Å². The minimum atomic E-state index is 0. The Morgan fingerprint density at radius 2 is 2.67 bits per heavy atom. The third-order valence-electron chi connectivity index (χ3n) is 2.76. The molecule has 0 saturated carbocycles. The van der Waals surface area contributed by atoms with Crippen LogP contribution in [0.1, 0.15) is 8.35 Å². The first-order chi connectivity index (χ1) is 5.80. The van der Waals surface area contributed by atoms with E-state index in [1.54, 1.807) is 0 Å². The highest BCUT2D eigenvalue weighted by Gasteiger charge is 2.51. The van der Waals surface area contributed by atoms with Crippen molar-refractivity contribution < 1.29 is 1.43 Å². The molecular formula is C9H13N3. The maximum Gasteiger partial charge on any atom is 0.149 e. The highest BCUT2D eigenvalue weighted by atomic mass is 15.4. The second kappa shape index (κ2) is 1.73. The summed E-state index contributed by atoms with van der Waals surface area (Å²) in [5, 5.41) is 3.34.